The van der Waals surface area contributed by atoms with Crippen LogP contribution in [0, 0.1) is 0 Å². The van der Waals surface area contributed by atoms with Gasteiger partial charge >= 0.3 is 6.03 Å². The van der Waals surface area contributed by atoms with Gasteiger partial charge in [0.25, 0.3) is 11.8 Å². The van der Waals surface area contributed by atoms with Crippen molar-refractivity contribution in [1.82, 2.24) is 5.32 Å². The van der Waals surface area contributed by atoms with Crippen molar-refractivity contribution in [1.29, 1.82) is 0 Å². The van der Waals surface area contributed by atoms with Crippen molar-refractivity contribution in [3.63, 3.8) is 0 Å². The number of carbonyl (C=O) groups excluding carboxylic acids is 3. The van der Waals surface area contributed by atoms with Crippen LogP contribution in [0.1, 0.15) is 25.8 Å². The molecule has 0 spiro atoms. The number of nitrogens with zero attached hydrogens (tertiary/aromatic N) is 1. The number of benzene rings is 2. The molecule has 1 heterocycles. The van der Waals surface area contributed by atoms with Crippen molar-refractivity contribution in [2.45, 2.75) is 26.4 Å². The van der Waals surface area contributed by atoms with Crippen LogP contribution in [0.4, 0.5) is 10.5 Å². The number of barbiturate groups is 1. The summed E-state index contributed by atoms with van der Waals surface area (Å²) in [5, 5.41) is 2.56. The summed E-state index contributed by atoms with van der Waals surface area (Å²) >= 11 is 9.58. The third-order valence-corrected chi connectivity index (χ3v) is 5.18. The van der Waals surface area contributed by atoms with Crippen LogP contribution in [0.5, 0.6) is 5.75 Å². The van der Waals surface area contributed by atoms with Gasteiger partial charge in [-0.05, 0) is 61.4 Å². The predicted octanol–water partition coefficient (Wildman–Crippen LogP) is 4.95. The highest BCUT2D eigenvalue weighted by atomic mass is 79.9. The zero-order valence-electron chi connectivity index (χ0n) is 15.7. The van der Waals surface area contributed by atoms with E-state index in [4.69, 9.17) is 16.3 Å². The van der Waals surface area contributed by atoms with Crippen molar-refractivity contribution in [2.24, 2.45) is 0 Å². The molecule has 1 aliphatic heterocycles. The zero-order valence-corrected chi connectivity index (χ0v) is 18.1. The smallest absolute Gasteiger partial charge is 0.335 e. The zero-order chi connectivity index (χ0) is 21.1. The molecule has 1 saturated heterocycles. The summed E-state index contributed by atoms with van der Waals surface area (Å²) in [6.45, 7) is 3.94. The fourth-order valence-corrected chi connectivity index (χ4v) is 3.15. The molecule has 0 saturated carbocycles. The molecule has 150 valence electrons. The Kier molecular flexibility index (Phi) is 6.39. The van der Waals surface area contributed by atoms with Crippen molar-refractivity contribution in [2.75, 3.05) is 4.90 Å². The molecule has 8 heteroatoms. The average molecular weight is 478 g/mol. The molecule has 4 amide bonds. The van der Waals surface area contributed by atoms with E-state index < -0.39 is 17.8 Å². The highest BCUT2D eigenvalue weighted by Gasteiger charge is 2.36. The van der Waals surface area contributed by atoms with Crippen LogP contribution in [0.25, 0.3) is 6.08 Å². The summed E-state index contributed by atoms with van der Waals surface area (Å²) in [4.78, 5) is 38.3. The van der Waals surface area contributed by atoms with Gasteiger partial charge in [0, 0.05) is 4.47 Å². The number of carbonyl (C=O) groups is 3. The topological polar surface area (TPSA) is 75.7 Å². The van der Waals surface area contributed by atoms with Crippen LogP contribution in [0.15, 0.2) is 52.5 Å². The van der Waals surface area contributed by atoms with E-state index in [0.717, 1.165) is 15.8 Å². The van der Waals surface area contributed by atoms with Crippen molar-refractivity contribution < 1.29 is 19.1 Å². The maximum Gasteiger partial charge on any atom is 0.335 e. The Hall–Kier alpha value is -2.64. The first-order valence-corrected chi connectivity index (χ1v) is 10.1. The number of hydrogen-bond acceptors (Lipinski definition) is 4. The number of halogens is 2. The standard InChI is InChI=1S/C21H18BrClN2O4/c1-3-12(2)29-18-9-4-13(11-17(18)23)10-16-19(26)24-21(28)25(20(16)27)15-7-5-14(22)6-8-15/h4-12H,3H2,1-2H3,(H,24,26,28)/b16-10+/t12-/m1/s1. The minimum Gasteiger partial charge on any atom is -0.489 e. The number of imide groups is 2. The van der Waals surface area contributed by atoms with Gasteiger partial charge in [-0.25, -0.2) is 9.69 Å². The average Bonchev–Trinajstić information content (AvgIpc) is 2.68. The third-order valence-electron chi connectivity index (χ3n) is 4.36. The largest absolute Gasteiger partial charge is 0.489 e. The molecule has 0 radical (unpaired) electrons. The summed E-state index contributed by atoms with van der Waals surface area (Å²) in [6, 6.07) is 10.8. The van der Waals surface area contributed by atoms with Crippen LogP contribution in [0.3, 0.4) is 0 Å². The van der Waals surface area contributed by atoms with E-state index in [2.05, 4.69) is 21.2 Å². The molecule has 6 nitrogen and oxygen atoms in total. The third kappa shape index (κ3) is 4.68. The van der Waals surface area contributed by atoms with Crippen LogP contribution < -0.4 is 15.0 Å². The van der Waals surface area contributed by atoms with Gasteiger partial charge in [0.05, 0.1) is 16.8 Å². The van der Waals surface area contributed by atoms with Gasteiger partial charge in [-0.1, -0.05) is 40.5 Å². The van der Waals surface area contributed by atoms with E-state index in [1.165, 1.54) is 6.08 Å². The fraction of sp³-hybridized carbons (Fsp3) is 0.190. The molecule has 2 aromatic carbocycles. The molecular formula is C21H18BrClN2O4. The van der Waals surface area contributed by atoms with E-state index in [-0.39, 0.29) is 11.7 Å². The SMILES string of the molecule is CC[C@@H](C)Oc1ccc(/C=C2\C(=O)NC(=O)N(c3ccc(Br)cc3)C2=O)cc1Cl. The molecule has 0 aliphatic carbocycles. The second-order valence-corrected chi connectivity index (χ2v) is 7.78. The predicted molar refractivity (Wildman–Crippen MR) is 115 cm³/mol. The molecule has 1 atom stereocenters. The number of ether oxygens (including phenoxy) is 1. The lowest BCUT2D eigenvalue weighted by molar-refractivity contribution is -0.122. The summed E-state index contributed by atoms with van der Waals surface area (Å²) in [7, 11) is 0. The summed E-state index contributed by atoms with van der Waals surface area (Å²) in [5.41, 5.74) is 0.721. The highest BCUT2D eigenvalue weighted by Crippen LogP contribution is 2.29. The molecule has 1 fully saturated rings. The number of rotatable bonds is 5. The first-order chi connectivity index (χ1) is 13.8. The first-order valence-electron chi connectivity index (χ1n) is 8.93. The number of nitrogens with one attached hydrogen (secondary N) is 1. The molecule has 3 rings (SSSR count). The lowest BCUT2D eigenvalue weighted by atomic mass is 10.1. The van der Waals surface area contributed by atoms with E-state index >= 15 is 0 Å². The van der Waals surface area contributed by atoms with Gasteiger partial charge in [0.15, 0.2) is 0 Å². The summed E-state index contributed by atoms with van der Waals surface area (Å²) in [5.74, 6) is -0.948. The Labute approximate surface area is 181 Å². The Morgan fingerprint density at radius 3 is 2.48 bits per heavy atom. The minimum absolute atomic E-state index is 0.00730. The minimum atomic E-state index is -0.796. The first kappa shape index (κ1) is 21.1. The van der Waals surface area contributed by atoms with Gasteiger partial charge in [-0.2, -0.15) is 0 Å². The van der Waals surface area contributed by atoms with E-state index in [0.29, 0.717) is 22.0 Å². The van der Waals surface area contributed by atoms with Crippen LogP contribution >= 0.6 is 27.5 Å². The van der Waals surface area contributed by atoms with Crippen LogP contribution in [0.2, 0.25) is 5.02 Å². The normalized spacial score (nSPS) is 16.8. The number of urea groups is 1. The van der Waals surface area contributed by atoms with Crippen molar-refractivity contribution in [3.05, 3.63) is 63.1 Å². The van der Waals surface area contributed by atoms with E-state index in [1.807, 2.05) is 13.8 Å². The Bertz CT molecular complexity index is 1000. The van der Waals surface area contributed by atoms with Gasteiger partial charge in [-0.15, -0.1) is 0 Å². The maximum atomic E-state index is 12.9. The lowest BCUT2D eigenvalue weighted by Crippen LogP contribution is -2.54. The highest BCUT2D eigenvalue weighted by molar-refractivity contribution is 9.10. The molecule has 0 unspecified atom stereocenters. The molecule has 1 N–H and O–H groups in total. The second-order valence-electron chi connectivity index (χ2n) is 6.46. The van der Waals surface area contributed by atoms with Gasteiger partial charge < -0.3 is 4.74 Å². The van der Waals surface area contributed by atoms with Crippen LogP contribution in [-0.4, -0.2) is 23.9 Å². The fourth-order valence-electron chi connectivity index (χ4n) is 2.65. The Morgan fingerprint density at radius 1 is 1.17 bits per heavy atom. The van der Waals surface area contributed by atoms with Gasteiger partial charge in [0.1, 0.15) is 11.3 Å². The van der Waals surface area contributed by atoms with E-state index in [1.54, 1.807) is 42.5 Å². The number of anilines is 1. The molecular weight excluding hydrogens is 460 g/mol. The monoisotopic (exact) mass is 476 g/mol. The Morgan fingerprint density at radius 2 is 1.86 bits per heavy atom. The lowest BCUT2D eigenvalue weighted by Gasteiger charge is -2.26. The maximum absolute atomic E-state index is 12.9. The molecule has 0 aromatic heterocycles. The summed E-state index contributed by atoms with van der Waals surface area (Å²) in [6.07, 6.45) is 2.24. The molecule has 2 aromatic rings. The summed E-state index contributed by atoms with van der Waals surface area (Å²) < 4.78 is 6.52. The van der Waals surface area contributed by atoms with Gasteiger partial charge in [-0.3, -0.25) is 14.9 Å². The quantitative estimate of drug-likeness (QED) is 0.488. The number of amides is 4. The van der Waals surface area contributed by atoms with Gasteiger partial charge in [0.2, 0.25) is 0 Å². The second kappa shape index (κ2) is 8.80. The van der Waals surface area contributed by atoms with Crippen LogP contribution in [-0.2, 0) is 9.59 Å². The molecule has 29 heavy (non-hydrogen) atoms. The Balaban J connectivity index is 1.92. The molecule has 0 bridgehead atoms. The molecule has 1 aliphatic rings. The van der Waals surface area contributed by atoms with Crippen molar-refractivity contribution >= 4 is 57.1 Å². The van der Waals surface area contributed by atoms with Crippen molar-refractivity contribution in [3.8, 4) is 5.75 Å². The number of hydrogen-bond donors (Lipinski definition) is 1. The van der Waals surface area contributed by atoms with E-state index in [9.17, 15) is 14.4 Å².